The molecule has 0 aromatic carbocycles. The zero-order chi connectivity index (χ0) is 16.2. The van der Waals surface area contributed by atoms with Gasteiger partial charge in [-0.3, -0.25) is 14.4 Å². The topological polar surface area (TPSA) is 50.6 Å². The van der Waals surface area contributed by atoms with Gasteiger partial charge in [-0.1, -0.05) is 6.07 Å². The molecule has 6 nitrogen and oxygen atoms in total. The third-order valence-corrected chi connectivity index (χ3v) is 4.81. The number of ether oxygens (including phenoxy) is 1. The lowest BCUT2D eigenvalue weighted by Crippen LogP contribution is -2.39. The molecule has 0 fully saturated rings. The van der Waals surface area contributed by atoms with Gasteiger partial charge in [0.2, 0.25) is 5.91 Å². The molecule has 0 saturated heterocycles. The van der Waals surface area contributed by atoms with Gasteiger partial charge in [-0.2, -0.15) is 5.10 Å². The van der Waals surface area contributed by atoms with Gasteiger partial charge in [0.15, 0.2) is 0 Å². The SMILES string of the molecule is CN(C)C(=O)COCC1CN(Cc2cccs2)Cc2ccnn21. The fourth-order valence-electron chi connectivity index (χ4n) is 2.74. The maximum atomic E-state index is 11.6. The Morgan fingerprint density at radius 3 is 3.09 bits per heavy atom. The number of carbonyl (C=O) groups is 1. The second-order valence-corrected chi connectivity index (χ2v) is 7.01. The summed E-state index contributed by atoms with van der Waals surface area (Å²) >= 11 is 1.78. The lowest BCUT2D eigenvalue weighted by atomic mass is 10.2. The van der Waals surface area contributed by atoms with Gasteiger partial charge in [0.1, 0.15) is 6.61 Å². The first-order valence-electron chi connectivity index (χ1n) is 7.68. The van der Waals surface area contributed by atoms with Crippen LogP contribution >= 0.6 is 11.3 Å². The summed E-state index contributed by atoms with van der Waals surface area (Å²) in [7, 11) is 3.47. The van der Waals surface area contributed by atoms with Crippen molar-refractivity contribution in [2.75, 3.05) is 33.9 Å². The first kappa shape index (κ1) is 16.2. The van der Waals surface area contributed by atoms with Crippen LogP contribution in [-0.4, -0.2) is 59.3 Å². The highest BCUT2D eigenvalue weighted by Gasteiger charge is 2.26. The molecule has 0 aliphatic carbocycles. The predicted molar refractivity (Wildman–Crippen MR) is 89.2 cm³/mol. The van der Waals surface area contributed by atoms with Crippen molar-refractivity contribution in [2.45, 2.75) is 19.1 Å². The number of fused-ring (bicyclic) bond motifs is 1. The molecule has 0 spiro atoms. The van der Waals surface area contributed by atoms with Gasteiger partial charge < -0.3 is 9.64 Å². The Balaban J connectivity index is 1.61. The van der Waals surface area contributed by atoms with E-state index in [4.69, 9.17) is 4.74 Å². The first-order valence-corrected chi connectivity index (χ1v) is 8.56. The van der Waals surface area contributed by atoms with E-state index in [9.17, 15) is 4.79 Å². The van der Waals surface area contributed by atoms with Gasteiger partial charge in [-0.05, 0) is 17.5 Å². The van der Waals surface area contributed by atoms with Gasteiger partial charge >= 0.3 is 0 Å². The van der Waals surface area contributed by atoms with E-state index < -0.39 is 0 Å². The molecular weight excluding hydrogens is 312 g/mol. The molecule has 0 radical (unpaired) electrons. The molecule has 3 heterocycles. The van der Waals surface area contributed by atoms with Crippen molar-refractivity contribution in [3.05, 3.63) is 40.3 Å². The zero-order valence-corrected chi connectivity index (χ0v) is 14.3. The summed E-state index contributed by atoms with van der Waals surface area (Å²) in [5, 5.41) is 6.53. The zero-order valence-electron chi connectivity index (χ0n) is 13.5. The molecule has 1 atom stereocenters. The van der Waals surface area contributed by atoms with Gasteiger partial charge in [0.05, 0.1) is 18.3 Å². The minimum atomic E-state index is -0.0167. The molecule has 0 bridgehead atoms. The smallest absolute Gasteiger partial charge is 0.248 e. The van der Waals surface area contributed by atoms with Gasteiger partial charge in [0, 0.05) is 44.8 Å². The van der Waals surface area contributed by atoms with Gasteiger partial charge in [0.25, 0.3) is 0 Å². The summed E-state index contributed by atoms with van der Waals surface area (Å²) in [6.07, 6.45) is 1.84. The number of hydrogen-bond donors (Lipinski definition) is 0. The van der Waals surface area contributed by atoms with Crippen LogP contribution in [0.1, 0.15) is 16.6 Å². The third kappa shape index (κ3) is 3.99. The van der Waals surface area contributed by atoms with Crippen molar-refractivity contribution < 1.29 is 9.53 Å². The quantitative estimate of drug-likeness (QED) is 0.805. The van der Waals surface area contributed by atoms with Crippen molar-refractivity contribution in [2.24, 2.45) is 0 Å². The van der Waals surface area contributed by atoms with Crippen LogP contribution in [0.25, 0.3) is 0 Å². The van der Waals surface area contributed by atoms with E-state index in [0.29, 0.717) is 6.61 Å². The average Bonchev–Trinajstić information content (AvgIpc) is 3.18. The van der Waals surface area contributed by atoms with E-state index in [-0.39, 0.29) is 18.6 Å². The van der Waals surface area contributed by atoms with Gasteiger partial charge in [-0.25, -0.2) is 0 Å². The third-order valence-electron chi connectivity index (χ3n) is 3.95. The Morgan fingerprint density at radius 2 is 2.35 bits per heavy atom. The Labute approximate surface area is 140 Å². The molecule has 7 heteroatoms. The molecule has 2 aromatic heterocycles. The van der Waals surface area contributed by atoms with Crippen molar-refractivity contribution in [3.8, 4) is 0 Å². The van der Waals surface area contributed by atoms with Crippen LogP contribution in [0.15, 0.2) is 29.8 Å². The van der Waals surface area contributed by atoms with Crippen molar-refractivity contribution in [1.82, 2.24) is 19.6 Å². The van der Waals surface area contributed by atoms with Crippen LogP contribution in [-0.2, 0) is 22.6 Å². The maximum Gasteiger partial charge on any atom is 0.248 e. The van der Waals surface area contributed by atoms with Crippen LogP contribution in [0.4, 0.5) is 0 Å². The van der Waals surface area contributed by atoms with Crippen molar-refractivity contribution in [3.63, 3.8) is 0 Å². The molecule has 124 valence electrons. The van der Waals surface area contributed by atoms with E-state index in [1.165, 1.54) is 10.6 Å². The Kier molecular flexibility index (Phi) is 5.09. The number of thiophene rings is 1. The number of likely N-dealkylation sites (N-methyl/N-ethyl adjacent to an activating group) is 1. The number of nitrogens with zero attached hydrogens (tertiary/aromatic N) is 4. The molecular formula is C16H22N4O2S. The summed E-state index contributed by atoms with van der Waals surface area (Å²) in [6, 6.07) is 6.45. The highest BCUT2D eigenvalue weighted by molar-refractivity contribution is 7.09. The lowest BCUT2D eigenvalue weighted by molar-refractivity contribution is -0.134. The molecule has 1 amide bonds. The summed E-state index contributed by atoms with van der Waals surface area (Å²) in [6.45, 7) is 3.32. The molecule has 23 heavy (non-hydrogen) atoms. The van der Waals surface area contributed by atoms with Crippen molar-refractivity contribution >= 4 is 17.2 Å². The Morgan fingerprint density at radius 1 is 1.48 bits per heavy atom. The second kappa shape index (κ2) is 7.25. The van der Waals surface area contributed by atoms with Gasteiger partial charge in [-0.15, -0.1) is 11.3 Å². The number of aromatic nitrogens is 2. The second-order valence-electron chi connectivity index (χ2n) is 5.97. The fraction of sp³-hybridized carbons (Fsp3) is 0.500. The first-order chi connectivity index (χ1) is 11.1. The Bertz CT molecular complexity index is 638. The normalized spacial score (nSPS) is 17.9. The van der Waals surface area contributed by atoms with Crippen LogP contribution in [0.2, 0.25) is 0 Å². The minimum Gasteiger partial charge on any atom is -0.369 e. The highest BCUT2D eigenvalue weighted by atomic mass is 32.1. The van der Waals surface area contributed by atoms with E-state index in [0.717, 1.165) is 19.6 Å². The highest BCUT2D eigenvalue weighted by Crippen LogP contribution is 2.23. The molecule has 1 aliphatic rings. The van der Waals surface area contributed by atoms with Crippen LogP contribution < -0.4 is 0 Å². The van der Waals surface area contributed by atoms with Crippen LogP contribution in [0, 0.1) is 0 Å². The Hall–Kier alpha value is -1.70. The minimum absolute atomic E-state index is 0.0167. The van der Waals surface area contributed by atoms with E-state index in [1.54, 1.807) is 30.3 Å². The monoisotopic (exact) mass is 334 g/mol. The molecule has 1 unspecified atom stereocenters. The van der Waals surface area contributed by atoms with Crippen molar-refractivity contribution in [1.29, 1.82) is 0 Å². The average molecular weight is 334 g/mol. The fourth-order valence-corrected chi connectivity index (χ4v) is 3.49. The number of rotatable bonds is 6. The molecule has 0 N–H and O–H groups in total. The summed E-state index contributed by atoms with van der Waals surface area (Å²) in [4.78, 5) is 16.9. The predicted octanol–water partition coefficient (Wildman–Crippen LogP) is 1.61. The van der Waals surface area contributed by atoms with E-state index in [2.05, 4.69) is 33.6 Å². The molecule has 2 aromatic rings. The maximum absolute atomic E-state index is 11.6. The summed E-state index contributed by atoms with van der Waals surface area (Å²) in [5.41, 5.74) is 1.19. The largest absolute Gasteiger partial charge is 0.369 e. The molecule has 3 rings (SSSR count). The van der Waals surface area contributed by atoms with Crippen LogP contribution in [0.3, 0.4) is 0 Å². The number of carbonyl (C=O) groups excluding carboxylic acids is 1. The summed E-state index contributed by atoms with van der Waals surface area (Å²) < 4.78 is 7.66. The standard InChI is InChI=1S/C16H22N4O2S/c1-18(2)16(21)12-22-11-14-9-19(10-15-4-3-7-23-15)8-13-5-6-17-20(13)14/h3-7,14H,8-12H2,1-2H3. The summed E-state index contributed by atoms with van der Waals surface area (Å²) in [5.74, 6) is -0.0167. The molecule has 1 aliphatic heterocycles. The van der Waals surface area contributed by atoms with E-state index in [1.807, 2.05) is 10.9 Å². The van der Waals surface area contributed by atoms with Crippen LogP contribution in [0.5, 0.6) is 0 Å². The molecule has 0 saturated carbocycles. The number of amides is 1. The number of hydrogen-bond acceptors (Lipinski definition) is 5. The van der Waals surface area contributed by atoms with E-state index >= 15 is 0 Å². The lowest BCUT2D eigenvalue weighted by Gasteiger charge is -2.33.